The molecule has 2 aromatic rings. The Morgan fingerprint density at radius 2 is 2.04 bits per heavy atom. The van der Waals surface area contributed by atoms with Crippen molar-refractivity contribution >= 4 is 11.9 Å². The van der Waals surface area contributed by atoms with E-state index in [0.717, 1.165) is 11.3 Å². The van der Waals surface area contributed by atoms with Gasteiger partial charge < -0.3 is 10.0 Å². The Morgan fingerprint density at radius 3 is 2.70 bits per heavy atom. The first-order valence-corrected chi connectivity index (χ1v) is 7.23. The monoisotopic (exact) mass is 314 g/mol. The second-order valence-corrected chi connectivity index (χ2v) is 5.52. The van der Waals surface area contributed by atoms with Crippen molar-refractivity contribution in [2.75, 3.05) is 13.1 Å². The lowest BCUT2D eigenvalue weighted by molar-refractivity contribution is -0.137. The third-order valence-electron chi connectivity index (χ3n) is 3.83. The van der Waals surface area contributed by atoms with Crippen molar-refractivity contribution in [3.8, 4) is 11.3 Å². The maximum Gasteiger partial charge on any atom is 0.323 e. The summed E-state index contributed by atoms with van der Waals surface area (Å²) in [5.74, 6) is -1.76. The molecule has 1 aliphatic rings. The summed E-state index contributed by atoms with van der Waals surface area (Å²) in [6, 6.07) is 7.61. The van der Waals surface area contributed by atoms with Crippen LogP contribution in [0.2, 0.25) is 0 Å². The van der Waals surface area contributed by atoms with E-state index in [1.54, 1.807) is 12.1 Å². The summed E-state index contributed by atoms with van der Waals surface area (Å²) in [5.41, 5.74) is 3.14. The molecule has 1 aliphatic heterocycles. The first-order valence-electron chi connectivity index (χ1n) is 7.23. The van der Waals surface area contributed by atoms with E-state index in [2.05, 4.69) is 4.98 Å². The molecule has 0 radical (unpaired) electrons. The van der Waals surface area contributed by atoms with Crippen molar-refractivity contribution in [3.05, 3.63) is 53.0 Å². The second kappa shape index (κ2) is 5.79. The van der Waals surface area contributed by atoms with Crippen molar-refractivity contribution in [2.45, 2.75) is 13.3 Å². The number of hydrogen-bond acceptors (Lipinski definition) is 3. The van der Waals surface area contributed by atoms with Crippen LogP contribution in [0, 0.1) is 12.7 Å². The van der Waals surface area contributed by atoms with Crippen molar-refractivity contribution in [1.29, 1.82) is 0 Å². The molecule has 0 spiro atoms. The first kappa shape index (κ1) is 15.1. The van der Waals surface area contributed by atoms with Crippen LogP contribution in [-0.2, 0) is 11.2 Å². The molecule has 1 N–H and O–H groups in total. The predicted octanol–water partition coefficient (Wildman–Crippen LogP) is 2.28. The molecule has 23 heavy (non-hydrogen) atoms. The van der Waals surface area contributed by atoms with E-state index in [-0.39, 0.29) is 18.3 Å². The van der Waals surface area contributed by atoms with E-state index >= 15 is 0 Å². The molecule has 5 nitrogen and oxygen atoms in total. The molecule has 1 aromatic carbocycles. The van der Waals surface area contributed by atoms with Crippen LogP contribution in [0.4, 0.5) is 4.39 Å². The van der Waals surface area contributed by atoms with E-state index in [4.69, 9.17) is 5.11 Å². The predicted molar refractivity (Wildman–Crippen MR) is 81.6 cm³/mol. The van der Waals surface area contributed by atoms with Crippen LogP contribution in [0.5, 0.6) is 0 Å². The molecule has 0 aliphatic carbocycles. The Labute approximate surface area is 132 Å². The van der Waals surface area contributed by atoms with Crippen LogP contribution in [0.25, 0.3) is 11.3 Å². The summed E-state index contributed by atoms with van der Waals surface area (Å²) in [7, 11) is 0. The van der Waals surface area contributed by atoms with Gasteiger partial charge in [-0.15, -0.1) is 0 Å². The van der Waals surface area contributed by atoms with E-state index in [9.17, 15) is 14.0 Å². The maximum atomic E-state index is 13.1. The van der Waals surface area contributed by atoms with Gasteiger partial charge in [-0.1, -0.05) is 0 Å². The Balaban J connectivity index is 2.12. The van der Waals surface area contributed by atoms with Gasteiger partial charge in [0.2, 0.25) is 0 Å². The van der Waals surface area contributed by atoms with Crippen LogP contribution in [0.15, 0.2) is 30.3 Å². The van der Waals surface area contributed by atoms with Crippen LogP contribution < -0.4 is 0 Å². The Hall–Kier alpha value is -2.76. The molecular formula is C17H15FN2O3. The highest BCUT2D eigenvalue weighted by Crippen LogP contribution is 2.29. The van der Waals surface area contributed by atoms with Gasteiger partial charge in [-0.3, -0.25) is 14.6 Å². The van der Waals surface area contributed by atoms with Crippen LogP contribution in [-0.4, -0.2) is 40.0 Å². The Morgan fingerprint density at radius 1 is 1.35 bits per heavy atom. The minimum Gasteiger partial charge on any atom is -0.480 e. The zero-order valence-electron chi connectivity index (χ0n) is 12.5. The molecule has 0 atom stereocenters. The number of carboxylic acid groups (broad SMARTS) is 1. The van der Waals surface area contributed by atoms with Crippen LogP contribution in [0.3, 0.4) is 0 Å². The number of aromatic nitrogens is 1. The minimum absolute atomic E-state index is 0.338. The third-order valence-corrected chi connectivity index (χ3v) is 3.83. The summed E-state index contributed by atoms with van der Waals surface area (Å²) in [6.07, 6.45) is 0.575. The molecule has 1 amide bonds. The summed E-state index contributed by atoms with van der Waals surface area (Å²) in [5, 5.41) is 8.94. The number of aryl methyl sites for hydroxylation is 1. The first-order chi connectivity index (χ1) is 11.0. The molecule has 0 bridgehead atoms. The number of hydrogen-bond donors (Lipinski definition) is 1. The molecule has 0 saturated carbocycles. The smallest absolute Gasteiger partial charge is 0.323 e. The highest BCUT2D eigenvalue weighted by atomic mass is 19.1. The van der Waals surface area contributed by atoms with Crippen molar-refractivity contribution < 1.29 is 19.1 Å². The number of nitrogens with zero attached hydrogens (tertiary/aromatic N) is 2. The fraction of sp³-hybridized carbons (Fsp3) is 0.235. The van der Waals surface area contributed by atoms with Gasteiger partial charge in [0.1, 0.15) is 12.4 Å². The normalized spacial score (nSPS) is 13.8. The molecular weight excluding hydrogens is 299 g/mol. The van der Waals surface area contributed by atoms with Crippen LogP contribution >= 0.6 is 0 Å². The summed E-state index contributed by atoms with van der Waals surface area (Å²) >= 11 is 0. The van der Waals surface area contributed by atoms with Gasteiger partial charge in [0, 0.05) is 17.8 Å². The van der Waals surface area contributed by atoms with E-state index < -0.39 is 5.97 Å². The van der Waals surface area contributed by atoms with Crippen molar-refractivity contribution in [3.63, 3.8) is 0 Å². The number of carbonyl (C=O) groups excluding carboxylic acids is 1. The summed E-state index contributed by atoms with van der Waals surface area (Å²) in [4.78, 5) is 29.3. The fourth-order valence-corrected chi connectivity index (χ4v) is 2.82. The zero-order chi connectivity index (χ0) is 16.6. The molecule has 0 fully saturated rings. The number of carbonyl (C=O) groups is 2. The van der Waals surface area contributed by atoms with Gasteiger partial charge in [-0.05, 0) is 49.2 Å². The Kier molecular flexibility index (Phi) is 3.82. The summed E-state index contributed by atoms with van der Waals surface area (Å²) in [6.45, 7) is 1.86. The van der Waals surface area contributed by atoms with E-state index in [1.165, 1.54) is 17.0 Å². The van der Waals surface area contributed by atoms with Crippen molar-refractivity contribution in [1.82, 2.24) is 9.88 Å². The third kappa shape index (κ3) is 2.92. The van der Waals surface area contributed by atoms with Gasteiger partial charge in [0.05, 0.1) is 11.3 Å². The SMILES string of the molecule is Cc1cc2c(c(-c3ccc(F)cc3)n1)C(=O)N(CC(=O)O)CC2. The molecule has 2 heterocycles. The Bertz CT molecular complexity index is 787. The number of amides is 1. The molecule has 0 saturated heterocycles. The van der Waals surface area contributed by atoms with Gasteiger partial charge in [0.15, 0.2) is 0 Å². The van der Waals surface area contributed by atoms with Gasteiger partial charge in [-0.2, -0.15) is 0 Å². The zero-order valence-corrected chi connectivity index (χ0v) is 12.5. The number of benzene rings is 1. The molecule has 6 heteroatoms. The summed E-state index contributed by atoms with van der Waals surface area (Å²) < 4.78 is 13.1. The van der Waals surface area contributed by atoms with E-state index in [1.807, 2.05) is 13.0 Å². The average Bonchev–Trinajstić information content (AvgIpc) is 2.50. The van der Waals surface area contributed by atoms with Crippen LogP contribution in [0.1, 0.15) is 21.6 Å². The number of carboxylic acids is 1. The van der Waals surface area contributed by atoms with Gasteiger partial charge in [-0.25, -0.2) is 4.39 Å². The minimum atomic E-state index is -1.05. The lowest BCUT2D eigenvalue weighted by atomic mass is 9.94. The largest absolute Gasteiger partial charge is 0.480 e. The maximum absolute atomic E-state index is 13.1. The average molecular weight is 314 g/mol. The highest BCUT2D eigenvalue weighted by Gasteiger charge is 2.29. The molecule has 0 unspecified atom stereocenters. The highest BCUT2D eigenvalue weighted by molar-refractivity contribution is 6.03. The quantitative estimate of drug-likeness (QED) is 0.943. The standard InChI is InChI=1S/C17H15FN2O3/c1-10-8-12-6-7-20(9-14(21)22)17(23)15(12)16(19-10)11-2-4-13(18)5-3-11/h2-5,8H,6-7,9H2,1H3,(H,21,22). The molecule has 3 rings (SSSR count). The van der Waals surface area contributed by atoms with E-state index in [0.29, 0.717) is 29.8 Å². The van der Waals surface area contributed by atoms with Gasteiger partial charge in [0.25, 0.3) is 5.91 Å². The number of aliphatic carboxylic acids is 1. The lowest BCUT2D eigenvalue weighted by Crippen LogP contribution is -2.41. The van der Waals surface area contributed by atoms with Crippen molar-refractivity contribution in [2.24, 2.45) is 0 Å². The fourth-order valence-electron chi connectivity index (χ4n) is 2.82. The second-order valence-electron chi connectivity index (χ2n) is 5.52. The topological polar surface area (TPSA) is 70.5 Å². The number of pyridine rings is 1. The van der Waals surface area contributed by atoms with Gasteiger partial charge >= 0.3 is 5.97 Å². The number of fused-ring (bicyclic) bond motifs is 1. The number of rotatable bonds is 3. The lowest BCUT2D eigenvalue weighted by Gasteiger charge is -2.28. The molecule has 1 aromatic heterocycles. The number of halogens is 1. The molecule has 118 valence electrons.